The molecule has 1 aliphatic heterocycles. The van der Waals surface area contributed by atoms with Gasteiger partial charge in [-0.05, 0) is 25.3 Å². The summed E-state index contributed by atoms with van der Waals surface area (Å²) in [4.78, 5) is 23.0. The highest BCUT2D eigenvalue weighted by atomic mass is 32.2. The minimum Gasteiger partial charge on any atom is -0.345 e. The Morgan fingerprint density at radius 2 is 2.00 bits per heavy atom. The molecule has 0 spiro atoms. The molecule has 2 aromatic heterocycles. The minimum absolute atomic E-state index is 0.0247. The second kappa shape index (κ2) is 6.92. The van der Waals surface area contributed by atoms with Crippen molar-refractivity contribution in [3.8, 4) is 0 Å². The molecule has 8 heteroatoms. The van der Waals surface area contributed by atoms with E-state index < -0.39 is 0 Å². The number of benzene rings is 1. The second-order valence-electron chi connectivity index (χ2n) is 6.42. The predicted molar refractivity (Wildman–Crippen MR) is 107 cm³/mol. The molecule has 0 aliphatic carbocycles. The maximum atomic E-state index is 12.7. The average Bonchev–Trinajstić information content (AvgIpc) is 3.23. The first-order valence-corrected chi connectivity index (χ1v) is 10.6. The normalized spacial score (nSPS) is 15.0. The Balaban J connectivity index is 1.48. The van der Waals surface area contributed by atoms with Crippen molar-refractivity contribution in [2.45, 2.75) is 11.8 Å². The molecule has 1 saturated heterocycles. The molecular formula is C18H21N5OS2. The number of thioether (sulfide) groups is 1. The molecule has 0 bridgehead atoms. The lowest BCUT2D eigenvalue weighted by molar-refractivity contribution is 0.0739. The van der Waals surface area contributed by atoms with Gasteiger partial charge in [-0.3, -0.25) is 9.48 Å². The van der Waals surface area contributed by atoms with Crippen LogP contribution in [0.5, 0.6) is 0 Å². The van der Waals surface area contributed by atoms with Crippen LogP contribution in [0.3, 0.4) is 0 Å². The van der Waals surface area contributed by atoms with Crippen LogP contribution in [0.2, 0.25) is 0 Å². The lowest BCUT2D eigenvalue weighted by Gasteiger charge is -2.34. The molecule has 1 fully saturated rings. The van der Waals surface area contributed by atoms with Crippen LogP contribution in [0.1, 0.15) is 16.1 Å². The maximum Gasteiger partial charge on any atom is 0.274 e. The number of rotatable bonds is 3. The number of piperazine rings is 1. The first-order chi connectivity index (χ1) is 12.6. The van der Waals surface area contributed by atoms with Crippen LogP contribution in [-0.2, 0) is 7.05 Å². The van der Waals surface area contributed by atoms with Gasteiger partial charge in [-0.2, -0.15) is 5.10 Å². The number of aromatic nitrogens is 3. The van der Waals surface area contributed by atoms with Crippen molar-refractivity contribution in [2.75, 3.05) is 37.3 Å². The summed E-state index contributed by atoms with van der Waals surface area (Å²) in [6, 6.07) is 6.32. The van der Waals surface area contributed by atoms with Crippen molar-refractivity contribution in [1.29, 1.82) is 0 Å². The van der Waals surface area contributed by atoms with Crippen LogP contribution in [0.25, 0.3) is 10.2 Å². The summed E-state index contributed by atoms with van der Waals surface area (Å²) in [5.41, 5.74) is 2.57. The summed E-state index contributed by atoms with van der Waals surface area (Å²) < 4.78 is 2.91. The fourth-order valence-electron chi connectivity index (χ4n) is 3.28. The molecule has 136 valence electrons. The van der Waals surface area contributed by atoms with Gasteiger partial charge in [-0.25, -0.2) is 4.98 Å². The van der Waals surface area contributed by atoms with Crippen molar-refractivity contribution in [2.24, 2.45) is 7.05 Å². The van der Waals surface area contributed by atoms with Crippen LogP contribution in [0.15, 0.2) is 29.3 Å². The Kier molecular flexibility index (Phi) is 4.62. The number of hydrogen-bond donors (Lipinski definition) is 0. The van der Waals surface area contributed by atoms with Gasteiger partial charge in [0.2, 0.25) is 0 Å². The van der Waals surface area contributed by atoms with Gasteiger partial charge in [0.25, 0.3) is 5.91 Å². The Bertz CT molecular complexity index is 956. The van der Waals surface area contributed by atoms with Crippen LogP contribution >= 0.6 is 23.1 Å². The number of carbonyl (C=O) groups excluding carboxylic acids is 1. The third-order valence-corrected chi connectivity index (χ3v) is 6.49. The number of aryl methyl sites for hydroxylation is 2. The van der Waals surface area contributed by atoms with Gasteiger partial charge in [0.05, 0.1) is 10.2 Å². The summed E-state index contributed by atoms with van der Waals surface area (Å²) in [7, 11) is 1.84. The van der Waals surface area contributed by atoms with E-state index >= 15 is 0 Å². The smallest absolute Gasteiger partial charge is 0.274 e. The van der Waals surface area contributed by atoms with Crippen molar-refractivity contribution in [3.63, 3.8) is 0 Å². The number of carbonyl (C=O) groups is 1. The number of para-hydroxylation sites is 1. The standard InChI is InChI=1S/C18H21N5OS2/c1-12-11-21(2)20-15(12)17(24)22-7-9-23(10-8-22)18-19-16-13(25-3)5-4-6-14(16)26-18/h4-6,11H,7-10H2,1-3H3. The fraction of sp³-hybridized carbons (Fsp3) is 0.389. The summed E-state index contributed by atoms with van der Waals surface area (Å²) in [6.45, 7) is 4.92. The Labute approximate surface area is 160 Å². The van der Waals surface area contributed by atoms with Crippen LogP contribution in [0.4, 0.5) is 5.13 Å². The highest BCUT2D eigenvalue weighted by molar-refractivity contribution is 7.98. The predicted octanol–water partition coefficient (Wildman–Crippen LogP) is 3.02. The van der Waals surface area contributed by atoms with Crippen molar-refractivity contribution in [1.82, 2.24) is 19.7 Å². The van der Waals surface area contributed by atoms with E-state index in [1.165, 1.54) is 9.60 Å². The monoisotopic (exact) mass is 387 g/mol. The Morgan fingerprint density at radius 1 is 1.23 bits per heavy atom. The molecule has 3 heterocycles. The Hall–Kier alpha value is -2.06. The van der Waals surface area contributed by atoms with Crippen molar-refractivity contribution < 1.29 is 4.79 Å². The van der Waals surface area contributed by atoms with E-state index in [4.69, 9.17) is 4.98 Å². The molecule has 1 aromatic carbocycles. The molecule has 6 nitrogen and oxygen atoms in total. The molecule has 0 radical (unpaired) electrons. The lowest BCUT2D eigenvalue weighted by Crippen LogP contribution is -2.49. The Morgan fingerprint density at radius 3 is 2.65 bits per heavy atom. The number of amides is 1. The first kappa shape index (κ1) is 17.4. The van der Waals surface area contributed by atoms with Gasteiger partial charge < -0.3 is 9.80 Å². The van der Waals surface area contributed by atoms with Crippen molar-refractivity contribution in [3.05, 3.63) is 35.7 Å². The summed E-state index contributed by atoms with van der Waals surface area (Å²) in [5, 5.41) is 5.35. The van der Waals surface area contributed by atoms with Gasteiger partial charge >= 0.3 is 0 Å². The maximum absolute atomic E-state index is 12.7. The molecule has 0 atom stereocenters. The number of nitrogens with zero attached hydrogens (tertiary/aromatic N) is 5. The molecule has 0 N–H and O–H groups in total. The molecule has 0 saturated carbocycles. The molecule has 1 aliphatic rings. The van der Waals surface area contributed by atoms with Gasteiger partial charge in [-0.15, -0.1) is 11.8 Å². The SMILES string of the molecule is CSc1cccc2sc(N3CCN(C(=O)c4nn(C)cc4C)CC3)nc12. The molecule has 1 amide bonds. The number of thiazole rings is 1. The van der Waals surface area contributed by atoms with Crippen LogP contribution in [0, 0.1) is 6.92 Å². The lowest BCUT2D eigenvalue weighted by atomic mass is 10.2. The van der Waals surface area contributed by atoms with Crippen LogP contribution < -0.4 is 4.90 Å². The summed E-state index contributed by atoms with van der Waals surface area (Å²) in [5.74, 6) is 0.0247. The zero-order valence-corrected chi connectivity index (χ0v) is 16.7. The number of fused-ring (bicyclic) bond motifs is 1. The van der Waals surface area contributed by atoms with Gasteiger partial charge in [0.1, 0.15) is 0 Å². The summed E-state index contributed by atoms with van der Waals surface area (Å²) in [6.07, 6.45) is 3.96. The van der Waals surface area contributed by atoms with E-state index in [-0.39, 0.29) is 5.91 Å². The minimum atomic E-state index is 0.0247. The van der Waals surface area contributed by atoms with E-state index in [0.29, 0.717) is 18.8 Å². The van der Waals surface area contributed by atoms with E-state index in [1.54, 1.807) is 27.8 Å². The highest BCUT2D eigenvalue weighted by Crippen LogP contribution is 2.34. The largest absolute Gasteiger partial charge is 0.345 e. The first-order valence-electron chi connectivity index (χ1n) is 8.55. The van der Waals surface area contributed by atoms with E-state index in [2.05, 4.69) is 34.5 Å². The van der Waals surface area contributed by atoms with E-state index in [0.717, 1.165) is 29.3 Å². The van der Waals surface area contributed by atoms with Crippen molar-refractivity contribution >= 4 is 44.4 Å². The fourth-order valence-corrected chi connectivity index (χ4v) is 4.95. The molecule has 26 heavy (non-hydrogen) atoms. The number of hydrogen-bond acceptors (Lipinski definition) is 6. The zero-order valence-electron chi connectivity index (χ0n) is 15.1. The summed E-state index contributed by atoms with van der Waals surface area (Å²) >= 11 is 3.45. The van der Waals surface area contributed by atoms with Gasteiger partial charge in [0, 0.05) is 49.9 Å². The number of anilines is 1. The molecule has 0 unspecified atom stereocenters. The highest BCUT2D eigenvalue weighted by Gasteiger charge is 2.26. The quantitative estimate of drug-likeness (QED) is 0.647. The third-order valence-electron chi connectivity index (χ3n) is 4.64. The topological polar surface area (TPSA) is 54.3 Å². The average molecular weight is 388 g/mol. The van der Waals surface area contributed by atoms with E-state index in [1.807, 2.05) is 25.1 Å². The molecule has 4 rings (SSSR count). The molecular weight excluding hydrogens is 366 g/mol. The van der Waals surface area contributed by atoms with Crippen LogP contribution in [-0.4, -0.2) is 58.0 Å². The molecule has 3 aromatic rings. The second-order valence-corrected chi connectivity index (χ2v) is 8.27. The van der Waals surface area contributed by atoms with E-state index in [9.17, 15) is 4.79 Å². The van der Waals surface area contributed by atoms with Gasteiger partial charge in [0.15, 0.2) is 10.8 Å². The van der Waals surface area contributed by atoms with Gasteiger partial charge in [-0.1, -0.05) is 17.4 Å². The third kappa shape index (κ3) is 3.07. The zero-order chi connectivity index (χ0) is 18.3.